The molecule has 1 aliphatic carbocycles. The first-order valence-corrected chi connectivity index (χ1v) is 6.50. The summed E-state index contributed by atoms with van der Waals surface area (Å²) < 4.78 is 0. The van der Waals surface area contributed by atoms with Crippen molar-refractivity contribution in [2.45, 2.75) is 45.4 Å². The third-order valence-corrected chi connectivity index (χ3v) is 3.40. The average Bonchev–Trinajstić information content (AvgIpc) is 2.33. The van der Waals surface area contributed by atoms with Crippen LogP contribution in [-0.2, 0) is 4.79 Å². The van der Waals surface area contributed by atoms with Crippen molar-refractivity contribution >= 4 is 11.9 Å². The molecular weight excluding hydrogens is 208 g/mol. The summed E-state index contributed by atoms with van der Waals surface area (Å²) in [6.45, 7) is 4.39. The van der Waals surface area contributed by atoms with E-state index in [1.807, 2.05) is 0 Å². The van der Waals surface area contributed by atoms with E-state index in [1.54, 1.807) is 0 Å². The van der Waals surface area contributed by atoms with E-state index in [0.717, 1.165) is 36.8 Å². The molecular formula is C16H20O. The van der Waals surface area contributed by atoms with E-state index in [4.69, 9.17) is 0 Å². The molecule has 0 amide bonds. The van der Waals surface area contributed by atoms with Crippen LogP contribution in [0.4, 0.5) is 0 Å². The molecule has 1 aliphatic rings. The first-order valence-electron chi connectivity index (χ1n) is 6.50. The van der Waals surface area contributed by atoms with Crippen molar-refractivity contribution in [3.63, 3.8) is 0 Å². The van der Waals surface area contributed by atoms with Crippen LogP contribution in [0.2, 0.25) is 0 Å². The Labute approximate surface area is 104 Å². The van der Waals surface area contributed by atoms with Crippen LogP contribution in [0, 0.1) is 0 Å². The van der Waals surface area contributed by atoms with Gasteiger partial charge in [-0.05, 0) is 48.0 Å². The highest BCUT2D eigenvalue weighted by molar-refractivity contribution is 6.00. The zero-order valence-electron chi connectivity index (χ0n) is 10.7. The maximum absolute atomic E-state index is 11.7. The summed E-state index contributed by atoms with van der Waals surface area (Å²) in [5, 5.41) is 0. The lowest BCUT2D eigenvalue weighted by Crippen LogP contribution is -2.07. The van der Waals surface area contributed by atoms with Gasteiger partial charge in [-0.15, -0.1) is 0 Å². The highest BCUT2D eigenvalue weighted by atomic mass is 16.1. The molecule has 0 N–H and O–H groups in total. The van der Waals surface area contributed by atoms with E-state index in [9.17, 15) is 4.79 Å². The van der Waals surface area contributed by atoms with E-state index in [1.165, 1.54) is 5.56 Å². The van der Waals surface area contributed by atoms with Crippen LogP contribution >= 0.6 is 0 Å². The molecule has 0 aliphatic heterocycles. The van der Waals surface area contributed by atoms with Gasteiger partial charge in [0.15, 0.2) is 5.78 Å². The van der Waals surface area contributed by atoms with Crippen molar-refractivity contribution in [1.82, 2.24) is 0 Å². The van der Waals surface area contributed by atoms with Crippen molar-refractivity contribution in [2.75, 3.05) is 0 Å². The Kier molecular flexibility index (Phi) is 3.78. The van der Waals surface area contributed by atoms with Gasteiger partial charge in [0, 0.05) is 6.42 Å². The van der Waals surface area contributed by atoms with Gasteiger partial charge in [0.2, 0.25) is 0 Å². The quantitative estimate of drug-likeness (QED) is 0.688. The third-order valence-electron chi connectivity index (χ3n) is 3.40. The number of carbonyl (C=O) groups excluding carboxylic acids is 1. The lowest BCUT2D eigenvalue weighted by atomic mass is 9.92. The van der Waals surface area contributed by atoms with E-state index in [0.29, 0.717) is 11.7 Å². The van der Waals surface area contributed by atoms with Gasteiger partial charge in [0.25, 0.3) is 0 Å². The second kappa shape index (κ2) is 5.31. The number of rotatable bonds is 2. The maximum Gasteiger partial charge on any atom is 0.158 e. The topological polar surface area (TPSA) is 17.1 Å². The number of benzene rings is 1. The highest BCUT2D eigenvalue weighted by Gasteiger charge is 2.14. The van der Waals surface area contributed by atoms with E-state index < -0.39 is 0 Å². The van der Waals surface area contributed by atoms with Gasteiger partial charge in [0.05, 0.1) is 0 Å². The molecule has 1 saturated carbocycles. The minimum Gasteiger partial charge on any atom is -0.295 e. The van der Waals surface area contributed by atoms with Crippen LogP contribution in [-0.4, -0.2) is 5.78 Å². The van der Waals surface area contributed by atoms with E-state index in [-0.39, 0.29) is 0 Å². The lowest BCUT2D eigenvalue weighted by Gasteiger charge is -2.12. The van der Waals surface area contributed by atoms with Crippen LogP contribution in [0.25, 0.3) is 6.08 Å². The smallest absolute Gasteiger partial charge is 0.158 e. The molecule has 17 heavy (non-hydrogen) atoms. The summed E-state index contributed by atoms with van der Waals surface area (Å²) >= 11 is 0. The van der Waals surface area contributed by atoms with Crippen molar-refractivity contribution in [2.24, 2.45) is 0 Å². The minimum atomic E-state index is 0.337. The first kappa shape index (κ1) is 12.1. The fourth-order valence-corrected chi connectivity index (χ4v) is 2.23. The summed E-state index contributed by atoms with van der Waals surface area (Å²) in [6.07, 6.45) is 5.95. The van der Waals surface area contributed by atoms with Crippen LogP contribution < -0.4 is 0 Å². The number of Topliss-reactive ketones (excluding diaryl/α,β-unsaturated/α-hetero) is 1. The highest BCUT2D eigenvalue weighted by Crippen LogP contribution is 2.23. The number of ketones is 1. The summed E-state index contributed by atoms with van der Waals surface area (Å²) in [5.41, 5.74) is 3.51. The largest absolute Gasteiger partial charge is 0.295 e. The Morgan fingerprint density at radius 2 is 1.71 bits per heavy atom. The SMILES string of the molecule is CC(C)c1ccc(/C=C2/CCCCC2=O)cc1. The predicted octanol–water partition coefficient (Wildman–Crippen LogP) is 4.34. The standard InChI is InChI=1S/C16H20O/c1-12(2)14-9-7-13(8-10-14)11-15-5-3-4-6-16(15)17/h7-12H,3-6H2,1-2H3/b15-11-. The number of hydrogen-bond donors (Lipinski definition) is 0. The minimum absolute atomic E-state index is 0.337. The molecule has 0 aromatic heterocycles. The normalized spacial score (nSPS) is 19.0. The molecule has 1 fully saturated rings. The molecule has 0 radical (unpaired) electrons. The molecule has 90 valence electrons. The lowest BCUT2D eigenvalue weighted by molar-refractivity contribution is -0.116. The fourth-order valence-electron chi connectivity index (χ4n) is 2.23. The van der Waals surface area contributed by atoms with Gasteiger partial charge in [-0.2, -0.15) is 0 Å². The molecule has 0 saturated heterocycles. The molecule has 1 aromatic rings. The molecule has 1 heteroatoms. The number of hydrogen-bond acceptors (Lipinski definition) is 1. The second-order valence-corrected chi connectivity index (χ2v) is 5.12. The summed E-state index contributed by atoms with van der Waals surface area (Å²) in [5.74, 6) is 0.900. The van der Waals surface area contributed by atoms with Gasteiger partial charge in [0.1, 0.15) is 0 Å². The molecule has 0 bridgehead atoms. The summed E-state index contributed by atoms with van der Waals surface area (Å²) in [4.78, 5) is 11.7. The van der Waals surface area contributed by atoms with E-state index >= 15 is 0 Å². The summed E-state index contributed by atoms with van der Waals surface area (Å²) in [7, 11) is 0. The predicted molar refractivity (Wildman–Crippen MR) is 72.0 cm³/mol. The third kappa shape index (κ3) is 3.06. The van der Waals surface area contributed by atoms with Crippen molar-refractivity contribution in [1.29, 1.82) is 0 Å². The monoisotopic (exact) mass is 228 g/mol. The van der Waals surface area contributed by atoms with Gasteiger partial charge >= 0.3 is 0 Å². The molecule has 0 atom stereocenters. The Bertz CT molecular complexity index is 423. The zero-order valence-corrected chi connectivity index (χ0v) is 10.7. The average molecular weight is 228 g/mol. The Hall–Kier alpha value is -1.37. The van der Waals surface area contributed by atoms with E-state index in [2.05, 4.69) is 44.2 Å². The Morgan fingerprint density at radius 1 is 1.06 bits per heavy atom. The molecule has 0 spiro atoms. The van der Waals surface area contributed by atoms with Gasteiger partial charge in [-0.3, -0.25) is 4.79 Å². The fraction of sp³-hybridized carbons (Fsp3) is 0.438. The van der Waals surface area contributed by atoms with Crippen LogP contribution in [0.5, 0.6) is 0 Å². The Morgan fingerprint density at radius 3 is 2.29 bits per heavy atom. The maximum atomic E-state index is 11.7. The second-order valence-electron chi connectivity index (χ2n) is 5.12. The van der Waals surface area contributed by atoms with Crippen molar-refractivity contribution in [3.8, 4) is 0 Å². The first-order chi connectivity index (χ1) is 8.16. The van der Waals surface area contributed by atoms with Gasteiger partial charge in [-0.25, -0.2) is 0 Å². The molecule has 0 unspecified atom stereocenters. The van der Waals surface area contributed by atoms with Crippen molar-refractivity contribution in [3.05, 3.63) is 41.0 Å². The van der Waals surface area contributed by atoms with Crippen LogP contribution in [0.1, 0.15) is 56.6 Å². The molecule has 1 aromatic carbocycles. The number of carbonyl (C=O) groups is 1. The van der Waals surface area contributed by atoms with Gasteiger partial charge < -0.3 is 0 Å². The molecule has 2 rings (SSSR count). The van der Waals surface area contributed by atoms with Crippen LogP contribution in [0.3, 0.4) is 0 Å². The van der Waals surface area contributed by atoms with Gasteiger partial charge in [-0.1, -0.05) is 38.1 Å². The molecule has 0 heterocycles. The zero-order chi connectivity index (χ0) is 12.3. The van der Waals surface area contributed by atoms with Crippen molar-refractivity contribution < 1.29 is 4.79 Å². The Balaban J connectivity index is 2.17. The van der Waals surface area contributed by atoms with Crippen LogP contribution in [0.15, 0.2) is 29.8 Å². The summed E-state index contributed by atoms with van der Waals surface area (Å²) in [6, 6.07) is 8.54. The molecule has 1 nitrogen and oxygen atoms in total. The number of allylic oxidation sites excluding steroid dienone is 1.